The molecule has 0 saturated carbocycles. The standard InChI is InChI=1S/C23H18Cl2N2O/c24-20-6-3-16(12-21(20)25)2-1-15-4-8-23(28)18(11-15)14-27-19-5-7-22-17(13-19)9-10-26-22/h1-13,26-28H,14H2/b2-1+. The molecule has 0 fully saturated rings. The molecule has 1 heterocycles. The molecule has 0 unspecified atom stereocenters. The van der Waals surface area contributed by atoms with Gasteiger partial charge >= 0.3 is 0 Å². The summed E-state index contributed by atoms with van der Waals surface area (Å²) in [5, 5.41) is 15.8. The Morgan fingerprint density at radius 2 is 1.64 bits per heavy atom. The van der Waals surface area contributed by atoms with Crippen molar-refractivity contribution >= 4 is 51.9 Å². The van der Waals surface area contributed by atoms with Crippen LogP contribution < -0.4 is 5.32 Å². The van der Waals surface area contributed by atoms with E-state index in [0.29, 0.717) is 16.6 Å². The molecule has 4 rings (SSSR count). The number of phenols is 1. The molecular weight excluding hydrogens is 391 g/mol. The maximum atomic E-state index is 10.2. The minimum Gasteiger partial charge on any atom is -0.508 e. The van der Waals surface area contributed by atoms with Gasteiger partial charge in [-0.15, -0.1) is 0 Å². The molecule has 140 valence electrons. The number of rotatable bonds is 5. The maximum Gasteiger partial charge on any atom is 0.120 e. The molecule has 5 heteroatoms. The van der Waals surface area contributed by atoms with Gasteiger partial charge in [-0.2, -0.15) is 0 Å². The first kappa shape index (κ1) is 18.5. The average molecular weight is 409 g/mol. The highest BCUT2D eigenvalue weighted by Crippen LogP contribution is 2.25. The predicted molar refractivity (Wildman–Crippen MR) is 119 cm³/mol. The van der Waals surface area contributed by atoms with E-state index in [9.17, 15) is 5.11 Å². The fraction of sp³-hybridized carbons (Fsp3) is 0.0435. The van der Waals surface area contributed by atoms with Crippen molar-refractivity contribution in [2.45, 2.75) is 6.54 Å². The van der Waals surface area contributed by atoms with Crippen LogP contribution in [0.5, 0.6) is 5.75 Å². The third kappa shape index (κ3) is 4.16. The lowest BCUT2D eigenvalue weighted by molar-refractivity contribution is 0.469. The van der Waals surface area contributed by atoms with Gasteiger partial charge < -0.3 is 15.4 Å². The highest BCUT2D eigenvalue weighted by molar-refractivity contribution is 6.42. The molecular formula is C23H18Cl2N2O. The van der Waals surface area contributed by atoms with Crippen LogP contribution in [0.25, 0.3) is 23.1 Å². The van der Waals surface area contributed by atoms with Crippen molar-refractivity contribution in [1.82, 2.24) is 4.98 Å². The molecule has 0 amide bonds. The molecule has 0 aliphatic carbocycles. The van der Waals surface area contributed by atoms with E-state index < -0.39 is 0 Å². The molecule has 28 heavy (non-hydrogen) atoms. The minimum atomic E-state index is 0.266. The maximum absolute atomic E-state index is 10.2. The molecule has 0 saturated heterocycles. The van der Waals surface area contributed by atoms with Gasteiger partial charge in [0.1, 0.15) is 5.75 Å². The number of phenolic OH excluding ortho intramolecular Hbond substituents is 1. The number of aromatic nitrogens is 1. The summed E-state index contributed by atoms with van der Waals surface area (Å²) < 4.78 is 0. The van der Waals surface area contributed by atoms with Gasteiger partial charge in [-0.25, -0.2) is 0 Å². The predicted octanol–water partition coefficient (Wildman–Crippen LogP) is 6.96. The van der Waals surface area contributed by atoms with Gasteiger partial charge in [0.25, 0.3) is 0 Å². The van der Waals surface area contributed by atoms with E-state index in [0.717, 1.165) is 33.3 Å². The van der Waals surface area contributed by atoms with Crippen LogP contribution in [0.3, 0.4) is 0 Å². The van der Waals surface area contributed by atoms with Crippen LogP contribution in [0.2, 0.25) is 10.0 Å². The third-order valence-corrected chi connectivity index (χ3v) is 5.29. The smallest absolute Gasteiger partial charge is 0.120 e. The van der Waals surface area contributed by atoms with Gasteiger partial charge in [0.15, 0.2) is 0 Å². The lowest BCUT2D eigenvalue weighted by atomic mass is 10.1. The Labute approximate surface area is 173 Å². The van der Waals surface area contributed by atoms with Gasteiger partial charge in [-0.1, -0.05) is 47.5 Å². The molecule has 0 aliphatic rings. The molecule has 0 aliphatic heterocycles. The van der Waals surface area contributed by atoms with Crippen LogP contribution in [-0.2, 0) is 6.54 Å². The topological polar surface area (TPSA) is 48.0 Å². The number of H-pyrrole nitrogens is 1. The summed E-state index contributed by atoms with van der Waals surface area (Å²) in [5.41, 5.74) is 4.88. The summed E-state index contributed by atoms with van der Waals surface area (Å²) >= 11 is 12.0. The SMILES string of the molecule is Oc1ccc(/C=C/c2ccc(Cl)c(Cl)c2)cc1CNc1ccc2[nH]ccc2c1. The van der Waals surface area contributed by atoms with E-state index in [4.69, 9.17) is 23.2 Å². The minimum absolute atomic E-state index is 0.266. The summed E-state index contributed by atoms with van der Waals surface area (Å²) in [4.78, 5) is 3.18. The quantitative estimate of drug-likeness (QED) is 0.312. The highest BCUT2D eigenvalue weighted by Gasteiger charge is 2.04. The molecule has 4 aromatic rings. The monoisotopic (exact) mass is 408 g/mol. The summed E-state index contributed by atoms with van der Waals surface area (Å²) in [6, 6.07) is 19.2. The Morgan fingerprint density at radius 1 is 0.857 bits per heavy atom. The zero-order valence-corrected chi connectivity index (χ0v) is 16.4. The highest BCUT2D eigenvalue weighted by atomic mass is 35.5. The number of aromatic amines is 1. The summed E-state index contributed by atoms with van der Waals surface area (Å²) in [6.07, 6.45) is 5.87. The second kappa shape index (κ2) is 8.01. The Kier molecular flexibility index (Phi) is 5.29. The number of benzene rings is 3. The number of aromatic hydroxyl groups is 1. The Bertz CT molecular complexity index is 1160. The molecule has 3 N–H and O–H groups in total. The number of anilines is 1. The van der Waals surface area contributed by atoms with Crippen molar-refractivity contribution in [3.8, 4) is 5.75 Å². The first-order valence-electron chi connectivity index (χ1n) is 8.84. The largest absolute Gasteiger partial charge is 0.508 e. The lowest BCUT2D eigenvalue weighted by Gasteiger charge is -2.09. The third-order valence-electron chi connectivity index (χ3n) is 4.55. The number of fused-ring (bicyclic) bond motifs is 1. The van der Waals surface area contributed by atoms with Crippen LogP contribution in [0.4, 0.5) is 5.69 Å². The molecule has 0 bridgehead atoms. The first-order chi connectivity index (χ1) is 13.6. The van der Waals surface area contributed by atoms with Crippen LogP contribution in [0.15, 0.2) is 66.9 Å². The molecule has 3 aromatic carbocycles. The summed E-state index contributed by atoms with van der Waals surface area (Å²) in [5.74, 6) is 0.266. The van der Waals surface area contributed by atoms with Gasteiger partial charge in [-0.05, 0) is 59.7 Å². The zero-order valence-electron chi connectivity index (χ0n) is 14.9. The number of hydrogen-bond donors (Lipinski definition) is 3. The Morgan fingerprint density at radius 3 is 2.46 bits per heavy atom. The van der Waals surface area contributed by atoms with E-state index in [1.54, 1.807) is 12.1 Å². The van der Waals surface area contributed by atoms with Crippen LogP contribution in [-0.4, -0.2) is 10.1 Å². The van der Waals surface area contributed by atoms with Crippen molar-refractivity contribution in [2.75, 3.05) is 5.32 Å². The lowest BCUT2D eigenvalue weighted by Crippen LogP contribution is -2.00. The van der Waals surface area contributed by atoms with Crippen LogP contribution >= 0.6 is 23.2 Å². The molecule has 0 radical (unpaired) electrons. The van der Waals surface area contributed by atoms with E-state index in [2.05, 4.69) is 16.4 Å². The average Bonchev–Trinajstić information content (AvgIpc) is 3.16. The Hall–Kier alpha value is -2.88. The van der Waals surface area contributed by atoms with Crippen molar-refractivity contribution in [2.24, 2.45) is 0 Å². The Balaban J connectivity index is 1.49. The second-order valence-corrected chi connectivity index (χ2v) is 7.34. The zero-order chi connectivity index (χ0) is 19.5. The van der Waals surface area contributed by atoms with Gasteiger partial charge in [0.05, 0.1) is 10.0 Å². The van der Waals surface area contributed by atoms with Gasteiger partial charge in [-0.3, -0.25) is 0 Å². The van der Waals surface area contributed by atoms with E-state index in [1.807, 2.05) is 60.8 Å². The van der Waals surface area contributed by atoms with E-state index in [1.165, 1.54) is 0 Å². The van der Waals surface area contributed by atoms with Gasteiger partial charge in [0.2, 0.25) is 0 Å². The van der Waals surface area contributed by atoms with E-state index in [-0.39, 0.29) is 5.75 Å². The van der Waals surface area contributed by atoms with Crippen molar-refractivity contribution in [1.29, 1.82) is 0 Å². The molecule has 0 spiro atoms. The fourth-order valence-electron chi connectivity index (χ4n) is 3.02. The van der Waals surface area contributed by atoms with E-state index >= 15 is 0 Å². The number of halogens is 2. The van der Waals surface area contributed by atoms with Crippen LogP contribution in [0.1, 0.15) is 16.7 Å². The summed E-state index contributed by atoms with van der Waals surface area (Å²) in [7, 11) is 0. The van der Waals surface area contributed by atoms with Crippen molar-refractivity contribution in [3.05, 3.63) is 93.6 Å². The summed E-state index contributed by atoms with van der Waals surface area (Å²) in [6.45, 7) is 0.524. The fourth-order valence-corrected chi connectivity index (χ4v) is 3.33. The number of nitrogens with one attached hydrogen (secondary N) is 2. The van der Waals surface area contributed by atoms with Crippen molar-refractivity contribution < 1.29 is 5.11 Å². The number of hydrogen-bond acceptors (Lipinski definition) is 2. The van der Waals surface area contributed by atoms with Crippen LogP contribution in [0, 0.1) is 0 Å². The molecule has 1 aromatic heterocycles. The first-order valence-corrected chi connectivity index (χ1v) is 9.60. The van der Waals surface area contributed by atoms with Crippen molar-refractivity contribution in [3.63, 3.8) is 0 Å². The normalized spacial score (nSPS) is 11.4. The molecule has 3 nitrogen and oxygen atoms in total. The molecule has 0 atom stereocenters. The van der Waals surface area contributed by atoms with Gasteiger partial charge in [0, 0.05) is 34.9 Å². The second-order valence-electron chi connectivity index (χ2n) is 6.53.